The lowest BCUT2D eigenvalue weighted by Gasteiger charge is -2.14. The lowest BCUT2D eigenvalue weighted by atomic mass is 10.1. The second-order valence-electron chi connectivity index (χ2n) is 6.51. The highest BCUT2D eigenvalue weighted by molar-refractivity contribution is 5.85. The molecule has 2 atom stereocenters. The number of carbonyl (C=O) groups excluding carboxylic acids is 1. The summed E-state index contributed by atoms with van der Waals surface area (Å²) in [6.07, 6.45) is 2.60. The molecular formula is C20H25ClN2O2. The zero-order valence-corrected chi connectivity index (χ0v) is 15.2. The Bertz CT molecular complexity index is 720. The van der Waals surface area contributed by atoms with Gasteiger partial charge >= 0.3 is 0 Å². The number of para-hydroxylation sites is 1. The number of aryl methyl sites for hydroxylation is 1. The van der Waals surface area contributed by atoms with Crippen LogP contribution >= 0.6 is 12.4 Å². The molecule has 0 spiro atoms. The van der Waals surface area contributed by atoms with E-state index in [4.69, 9.17) is 10.5 Å². The van der Waals surface area contributed by atoms with Gasteiger partial charge in [0.25, 0.3) is 0 Å². The molecular weight excluding hydrogens is 336 g/mol. The maximum atomic E-state index is 12.3. The summed E-state index contributed by atoms with van der Waals surface area (Å²) < 4.78 is 5.99. The average molecular weight is 361 g/mol. The van der Waals surface area contributed by atoms with Crippen LogP contribution in [-0.2, 0) is 11.3 Å². The van der Waals surface area contributed by atoms with Crippen molar-refractivity contribution in [3.63, 3.8) is 0 Å². The Kier molecular flexibility index (Phi) is 6.85. The van der Waals surface area contributed by atoms with Crippen molar-refractivity contribution < 1.29 is 9.53 Å². The number of ether oxygens (including phenoxy) is 1. The van der Waals surface area contributed by atoms with Gasteiger partial charge in [-0.2, -0.15) is 0 Å². The number of halogens is 1. The topological polar surface area (TPSA) is 64.3 Å². The van der Waals surface area contributed by atoms with Crippen molar-refractivity contribution in [3.05, 3.63) is 59.7 Å². The molecule has 2 aromatic carbocycles. The third kappa shape index (κ3) is 5.21. The van der Waals surface area contributed by atoms with Gasteiger partial charge in [-0.25, -0.2) is 0 Å². The Morgan fingerprint density at radius 2 is 2.00 bits per heavy atom. The summed E-state index contributed by atoms with van der Waals surface area (Å²) in [5.74, 6) is 1.71. The van der Waals surface area contributed by atoms with Crippen molar-refractivity contribution in [2.45, 2.75) is 38.8 Å². The molecule has 25 heavy (non-hydrogen) atoms. The molecule has 3 N–H and O–H groups in total. The molecule has 1 amide bonds. The Labute approximate surface area is 155 Å². The third-order valence-corrected chi connectivity index (χ3v) is 4.49. The fraction of sp³-hybridized carbons (Fsp3) is 0.350. The van der Waals surface area contributed by atoms with Gasteiger partial charge in [0.1, 0.15) is 11.5 Å². The van der Waals surface area contributed by atoms with Gasteiger partial charge in [0.05, 0.1) is 0 Å². The average Bonchev–Trinajstić information content (AvgIpc) is 3.00. The number of rotatable bonds is 5. The molecule has 1 aliphatic carbocycles. The minimum absolute atomic E-state index is 0. The first-order valence-electron chi connectivity index (χ1n) is 8.47. The van der Waals surface area contributed by atoms with E-state index in [-0.39, 0.29) is 30.3 Å². The van der Waals surface area contributed by atoms with Crippen LogP contribution in [0.4, 0.5) is 0 Å². The van der Waals surface area contributed by atoms with Gasteiger partial charge in [0.15, 0.2) is 0 Å². The number of carbonyl (C=O) groups is 1. The first-order valence-corrected chi connectivity index (χ1v) is 8.47. The van der Waals surface area contributed by atoms with Crippen LogP contribution in [0.25, 0.3) is 0 Å². The number of amides is 1. The molecule has 0 radical (unpaired) electrons. The second-order valence-corrected chi connectivity index (χ2v) is 6.51. The molecule has 0 heterocycles. The molecule has 1 saturated carbocycles. The van der Waals surface area contributed by atoms with Gasteiger partial charge in [0.2, 0.25) is 5.91 Å². The molecule has 0 saturated heterocycles. The fourth-order valence-electron chi connectivity index (χ4n) is 3.14. The molecule has 3 rings (SSSR count). The summed E-state index contributed by atoms with van der Waals surface area (Å²) in [5, 5.41) is 3.02. The summed E-state index contributed by atoms with van der Waals surface area (Å²) in [7, 11) is 0. The molecule has 1 fully saturated rings. The molecule has 2 aromatic rings. The van der Waals surface area contributed by atoms with E-state index < -0.39 is 0 Å². The summed E-state index contributed by atoms with van der Waals surface area (Å²) >= 11 is 0. The molecule has 4 nitrogen and oxygen atoms in total. The van der Waals surface area contributed by atoms with Crippen LogP contribution in [0.1, 0.15) is 30.4 Å². The first kappa shape index (κ1) is 19.3. The van der Waals surface area contributed by atoms with Gasteiger partial charge < -0.3 is 15.8 Å². The normalized spacial score (nSPS) is 19.1. The van der Waals surface area contributed by atoms with E-state index in [0.29, 0.717) is 6.54 Å². The van der Waals surface area contributed by atoms with E-state index >= 15 is 0 Å². The minimum Gasteiger partial charge on any atom is -0.457 e. The van der Waals surface area contributed by atoms with Crippen LogP contribution in [0.3, 0.4) is 0 Å². The first-order chi connectivity index (χ1) is 11.6. The monoisotopic (exact) mass is 360 g/mol. The molecule has 0 aromatic heterocycles. The summed E-state index contributed by atoms with van der Waals surface area (Å²) in [6.45, 7) is 2.50. The Balaban J connectivity index is 0.00000225. The summed E-state index contributed by atoms with van der Waals surface area (Å²) in [5.41, 5.74) is 8.01. The van der Waals surface area contributed by atoms with Crippen molar-refractivity contribution >= 4 is 18.3 Å². The lowest BCUT2D eigenvalue weighted by Crippen LogP contribution is -2.30. The number of nitrogens with two attached hydrogens (primary N) is 1. The number of hydrogen-bond acceptors (Lipinski definition) is 3. The van der Waals surface area contributed by atoms with Crippen LogP contribution in [0.2, 0.25) is 0 Å². The number of benzene rings is 2. The fourth-order valence-corrected chi connectivity index (χ4v) is 3.14. The van der Waals surface area contributed by atoms with Gasteiger partial charge in [0, 0.05) is 24.1 Å². The van der Waals surface area contributed by atoms with Crippen LogP contribution in [0, 0.1) is 12.8 Å². The highest BCUT2D eigenvalue weighted by atomic mass is 35.5. The van der Waals surface area contributed by atoms with Crippen LogP contribution in [0.5, 0.6) is 11.5 Å². The lowest BCUT2D eigenvalue weighted by molar-refractivity contribution is -0.125. The van der Waals surface area contributed by atoms with E-state index in [0.717, 1.165) is 41.9 Å². The predicted octanol–water partition coefficient (Wildman–Crippen LogP) is 3.95. The highest BCUT2D eigenvalue weighted by Crippen LogP contribution is 2.27. The molecule has 1 aliphatic rings. The highest BCUT2D eigenvalue weighted by Gasteiger charge is 2.27. The van der Waals surface area contributed by atoms with E-state index in [2.05, 4.69) is 5.32 Å². The quantitative estimate of drug-likeness (QED) is 0.848. The van der Waals surface area contributed by atoms with E-state index in [9.17, 15) is 4.79 Å². The molecule has 2 unspecified atom stereocenters. The zero-order chi connectivity index (χ0) is 16.9. The van der Waals surface area contributed by atoms with Gasteiger partial charge in [-0.3, -0.25) is 4.79 Å². The smallest absolute Gasteiger partial charge is 0.223 e. The minimum atomic E-state index is 0. The Hall–Kier alpha value is -2.04. The third-order valence-electron chi connectivity index (χ3n) is 4.49. The molecule has 0 bridgehead atoms. The van der Waals surface area contributed by atoms with E-state index in [1.807, 2.05) is 55.5 Å². The Morgan fingerprint density at radius 3 is 2.72 bits per heavy atom. The van der Waals surface area contributed by atoms with E-state index in [1.54, 1.807) is 0 Å². The van der Waals surface area contributed by atoms with Crippen LogP contribution < -0.4 is 15.8 Å². The van der Waals surface area contributed by atoms with Crippen LogP contribution in [0.15, 0.2) is 48.5 Å². The van der Waals surface area contributed by atoms with Crippen molar-refractivity contribution in [3.8, 4) is 11.5 Å². The maximum absolute atomic E-state index is 12.3. The number of nitrogens with one attached hydrogen (secondary N) is 1. The van der Waals surface area contributed by atoms with Crippen molar-refractivity contribution in [1.29, 1.82) is 0 Å². The summed E-state index contributed by atoms with van der Waals surface area (Å²) in [4.78, 5) is 12.3. The second kappa shape index (κ2) is 8.88. The SMILES string of the molecule is Cc1cccc(Oc2ccccc2CNC(=O)C2CCC(N)C2)c1.Cl. The van der Waals surface area contributed by atoms with Crippen molar-refractivity contribution in [1.82, 2.24) is 5.32 Å². The molecule has 5 heteroatoms. The van der Waals surface area contributed by atoms with E-state index in [1.165, 1.54) is 0 Å². The van der Waals surface area contributed by atoms with Gasteiger partial charge in [-0.1, -0.05) is 30.3 Å². The maximum Gasteiger partial charge on any atom is 0.223 e. The van der Waals surface area contributed by atoms with Crippen molar-refractivity contribution in [2.24, 2.45) is 11.7 Å². The van der Waals surface area contributed by atoms with Crippen molar-refractivity contribution in [2.75, 3.05) is 0 Å². The zero-order valence-electron chi connectivity index (χ0n) is 14.4. The molecule has 0 aliphatic heterocycles. The Morgan fingerprint density at radius 1 is 1.20 bits per heavy atom. The number of hydrogen-bond donors (Lipinski definition) is 2. The van der Waals surface area contributed by atoms with Gasteiger partial charge in [-0.15, -0.1) is 12.4 Å². The standard InChI is InChI=1S/C20H24N2O2.ClH/c1-14-5-4-7-18(11-14)24-19-8-3-2-6-16(19)13-22-20(23)15-9-10-17(21)12-15;/h2-8,11,15,17H,9-10,12-13,21H2,1H3,(H,22,23);1H. The largest absolute Gasteiger partial charge is 0.457 e. The van der Waals surface area contributed by atoms with Crippen LogP contribution in [-0.4, -0.2) is 11.9 Å². The predicted molar refractivity (Wildman–Crippen MR) is 102 cm³/mol. The van der Waals surface area contributed by atoms with Gasteiger partial charge in [-0.05, 0) is 49.9 Å². The summed E-state index contributed by atoms with van der Waals surface area (Å²) in [6, 6.07) is 15.9. The molecule has 134 valence electrons.